The number of aromatic nitrogens is 5. The number of hydrogen-bond acceptors (Lipinski definition) is 6. The summed E-state index contributed by atoms with van der Waals surface area (Å²) in [5.74, 6) is 0. The maximum Gasteiger partial charge on any atom is 0.433 e. The van der Waals surface area contributed by atoms with Gasteiger partial charge in [-0.1, -0.05) is 6.07 Å². The van der Waals surface area contributed by atoms with Crippen LogP contribution in [0.15, 0.2) is 59.9 Å². The lowest BCUT2D eigenvalue weighted by molar-refractivity contribution is -0.141. The summed E-state index contributed by atoms with van der Waals surface area (Å²) in [5.41, 5.74) is 0.187. The van der Waals surface area contributed by atoms with Crippen LogP contribution in [-0.2, 0) is 6.18 Å². The number of nitrogens with zero attached hydrogens (tertiary/aromatic N) is 5. The number of rotatable bonds is 4. The van der Waals surface area contributed by atoms with Gasteiger partial charge in [-0.25, -0.2) is 9.97 Å². The topological polar surface area (TPSA) is 93.8 Å². The number of hydrogen-bond donors (Lipinski definition) is 1. The molecule has 0 amide bonds. The van der Waals surface area contributed by atoms with E-state index in [1.54, 1.807) is 31.3 Å². The molecule has 0 aliphatic rings. The number of alkyl halides is 3. The molecule has 0 aromatic carbocycles. The van der Waals surface area contributed by atoms with Gasteiger partial charge >= 0.3 is 6.18 Å². The molecular formula is C21H16F3N5O2. The zero-order valence-electron chi connectivity index (χ0n) is 16.2. The summed E-state index contributed by atoms with van der Waals surface area (Å²) in [5, 5.41) is 9.63. The van der Waals surface area contributed by atoms with E-state index in [0.717, 1.165) is 12.3 Å². The molecule has 1 unspecified atom stereocenters. The second-order valence-electron chi connectivity index (χ2n) is 6.89. The van der Waals surface area contributed by atoms with Gasteiger partial charge in [0.25, 0.3) is 5.56 Å². The van der Waals surface area contributed by atoms with E-state index in [4.69, 9.17) is 0 Å². The van der Waals surface area contributed by atoms with Crippen LogP contribution in [0.1, 0.15) is 18.7 Å². The van der Waals surface area contributed by atoms with Crippen molar-refractivity contribution >= 4 is 10.9 Å². The molecule has 0 spiro atoms. The average molecular weight is 427 g/mol. The standard InChI is InChI=1S/C21H16F3N5O2/c1-12(10-30)29-11-27-18-14(20(29)31)8-16(28-19(18)15-4-2-3-7-25-15)13-5-6-17(26-9-13)21(22,23)24/h2-9,11-12,30H,10H2,1H3. The minimum Gasteiger partial charge on any atom is -0.394 e. The Morgan fingerprint density at radius 2 is 1.90 bits per heavy atom. The number of halogens is 3. The average Bonchev–Trinajstić information content (AvgIpc) is 2.78. The first-order chi connectivity index (χ1) is 14.8. The molecule has 0 fully saturated rings. The highest BCUT2D eigenvalue weighted by Crippen LogP contribution is 2.31. The van der Waals surface area contributed by atoms with Crippen LogP contribution in [0.5, 0.6) is 0 Å². The van der Waals surface area contributed by atoms with Gasteiger partial charge in [0.05, 0.1) is 35.8 Å². The van der Waals surface area contributed by atoms with E-state index in [0.29, 0.717) is 22.5 Å². The van der Waals surface area contributed by atoms with Crippen LogP contribution in [0.4, 0.5) is 13.2 Å². The number of aliphatic hydroxyl groups is 1. The number of aliphatic hydroxyl groups excluding tert-OH is 1. The van der Waals surface area contributed by atoms with Crippen LogP contribution in [0.25, 0.3) is 33.5 Å². The molecule has 10 heteroatoms. The van der Waals surface area contributed by atoms with Crippen LogP contribution in [-0.4, -0.2) is 36.2 Å². The molecule has 4 aromatic heterocycles. The summed E-state index contributed by atoms with van der Waals surface area (Å²) in [6.45, 7) is 1.40. The zero-order valence-corrected chi connectivity index (χ0v) is 16.2. The van der Waals surface area contributed by atoms with Crippen molar-refractivity contribution in [3.8, 4) is 22.6 Å². The molecule has 4 rings (SSSR count). The fraction of sp³-hybridized carbons (Fsp3) is 0.190. The summed E-state index contributed by atoms with van der Waals surface area (Å²) >= 11 is 0. The molecule has 0 radical (unpaired) electrons. The van der Waals surface area contributed by atoms with Gasteiger partial charge in [0.2, 0.25) is 0 Å². The summed E-state index contributed by atoms with van der Waals surface area (Å²) in [6, 6.07) is 8.22. The van der Waals surface area contributed by atoms with Crippen molar-refractivity contribution in [2.75, 3.05) is 6.61 Å². The molecule has 4 aromatic rings. The first kappa shape index (κ1) is 20.6. The molecule has 1 atom stereocenters. The molecule has 1 N–H and O–H groups in total. The Kier molecular flexibility index (Phi) is 5.24. The van der Waals surface area contributed by atoms with E-state index in [9.17, 15) is 23.1 Å². The van der Waals surface area contributed by atoms with Crippen molar-refractivity contribution in [1.29, 1.82) is 0 Å². The van der Waals surface area contributed by atoms with Gasteiger partial charge in [-0.05, 0) is 37.3 Å². The fourth-order valence-electron chi connectivity index (χ4n) is 3.09. The molecule has 31 heavy (non-hydrogen) atoms. The van der Waals surface area contributed by atoms with Crippen LogP contribution in [0.3, 0.4) is 0 Å². The molecular weight excluding hydrogens is 411 g/mol. The van der Waals surface area contributed by atoms with Gasteiger partial charge in [-0.15, -0.1) is 0 Å². The molecule has 0 bridgehead atoms. The lowest BCUT2D eigenvalue weighted by atomic mass is 10.1. The molecule has 158 valence electrons. The number of fused-ring (bicyclic) bond motifs is 1. The highest BCUT2D eigenvalue weighted by atomic mass is 19.4. The van der Waals surface area contributed by atoms with E-state index in [1.807, 2.05) is 0 Å². The van der Waals surface area contributed by atoms with E-state index in [2.05, 4.69) is 19.9 Å². The maximum absolute atomic E-state index is 13.1. The second kappa shape index (κ2) is 7.88. The Morgan fingerprint density at radius 3 is 2.52 bits per heavy atom. The normalized spacial score (nSPS) is 12.8. The smallest absolute Gasteiger partial charge is 0.394 e. The van der Waals surface area contributed by atoms with Gasteiger partial charge in [-0.3, -0.25) is 19.3 Å². The Bertz CT molecular complexity index is 1290. The van der Waals surface area contributed by atoms with Crippen molar-refractivity contribution in [3.05, 3.63) is 71.2 Å². The third kappa shape index (κ3) is 3.89. The Labute approximate surface area is 173 Å². The van der Waals surface area contributed by atoms with Gasteiger partial charge in [0.15, 0.2) is 0 Å². The summed E-state index contributed by atoms with van der Waals surface area (Å²) < 4.78 is 39.9. The maximum atomic E-state index is 13.1. The van der Waals surface area contributed by atoms with E-state index in [1.165, 1.54) is 23.0 Å². The van der Waals surface area contributed by atoms with Crippen molar-refractivity contribution in [2.24, 2.45) is 0 Å². The van der Waals surface area contributed by atoms with Gasteiger partial charge in [-0.2, -0.15) is 13.2 Å². The predicted octanol–water partition coefficient (Wildman–Crippen LogP) is 3.49. The van der Waals surface area contributed by atoms with E-state index < -0.39 is 23.5 Å². The number of pyridine rings is 3. The molecule has 7 nitrogen and oxygen atoms in total. The van der Waals surface area contributed by atoms with Crippen LogP contribution < -0.4 is 5.56 Å². The summed E-state index contributed by atoms with van der Waals surface area (Å²) in [6.07, 6.45) is -0.611. The van der Waals surface area contributed by atoms with E-state index in [-0.39, 0.29) is 17.7 Å². The first-order valence-corrected chi connectivity index (χ1v) is 9.27. The largest absolute Gasteiger partial charge is 0.433 e. The molecule has 0 aliphatic carbocycles. The predicted molar refractivity (Wildman–Crippen MR) is 107 cm³/mol. The SMILES string of the molecule is CC(CO)n1cnc2c(-c3ccccn3)nc(-c3ccc(C(F)(F)F)nc3)cc2c1=O. The highest BCUT2D eigenvalue weighted by Gasteiger charge is 2.32. The third-order valence-corrected chi connectivity index (χ3v) is 4.77. The first-order valence-electron chi connectivity index (χ1n) is 9.27. The van der Waals surface area contributed by atoms with Crippen LogP contribution in [0, 0.1) is 0 Å². The van der Waals surface area contributed by atoms with Crippen molar-refractivity contribution in [2.45, 2.75) is 19.1 Å². The minimum absolute atomic E-state index is 0.202. The molecule has 0 saturated heterocycles. The molecule has 0 aliphatic heterocycles. The minimum atomic E-state index is -4.56. The molecule has 4 heterocycles. The zero-order chi connectivity index (χ0) is 22.2. The van der Waals surface area contributed by atoms with Crippen molar-refractivity contribution in [3.63, 3.8) is 0 Å². The van der Waals surface area contributed by atoms with Crippen molar-refractivity contribution in [1.82, 2.24) is 24.5 Å². The molecule has 0 saturated carbocycles. The van der Waals surface area contributed by atoms with Crippen LogP contribution in [0.2, 0.25) is 0 Å². The highest BCUT2D eigenvalue weighted by molar-refractivity contribution is 5.92. The Balaban J connectivity index is 1.98. The monoisotopic (exact) mass is 427 g/mol. The quantitative estimate of drug-likeness (QED) is 0.536. The van der Waals surface area contributed by atoms with Gasteiger partial charge in [0.1, 0.15) is 16.9 Å². The van der Waals surface area contributed by atoms with Crippen molar-refractivity contribution < 1.29 is 18.3 Å². The van der Waals surface area contributed by atoms with Gasteiger partial charge in [0, 0.05) is 18.0 Å². The fourth-order valence-corrected chi connectivity index (χ4v) is 3.09. The van der Waals surface area contributed by atoms with Gasteiger partial charge < -0.3 is 5.11 Å². The second-order valence-corrected chi connectivity index (χ2v) is 6.89. The lowest BCUT2D eigenvalue weighted by Gasteiger charge is -2.14. The third-order valence-electron chi connectivity index (χ3n) is 4.77. The Hall–Kier alpha value is -3.66. The summed E-state index contributed by atoms with van der Waals surface area (Å²) in [7, 11) is 0. The van der Waals surface area contributed by atoms with Crippen LogP contribution >= 0.6 is 0 Å². The Morgan fingerprint density at radius 1 is 1.10 bits per heavy atom. The summed E-state index contributed by atoms with van der Waals surface area (Å²) in [4.78, 5) is 29.7. The lowest BCUT2D eigenvalue weighted by Crippen LogP contribution is -2.26. The van der Waals surface area contributed by atoms with E-state index >= 15 is 0 Å².